The Hall–Kier alpha value is -1.54. The van der Waals surface area contributed by atoms with Crippen molar-refractivity contribution >= 4 is 15.7 Å². The van der Waals surface area contributed by atoms with Crippen LogP contribution in [0.15, 0.2) is 18.2 Å². The van der Waals surface area contributed by atoms with E-state index in [1.807, 2.05) is 26.0 Å². The van der Waals surface area contributed by atoms with Crippen molar-refractivity contribution in [3.05, 3.63) is 29.3 Å². The Labute approximate surface area is 96.0 Å². The van der Waals surface area contributed by atoms with Crippen molar-refractivity contribution in [3.63, 3.8) is 0 Å². The first-order valence-electron chi connectivity index (χ1n) is 4.85. The lowest BCUT2D eigenvalue weighted by molar-refractivity contribution is 0.597. The van der Waals surface area contributed by atoms with Crippen LogP contribution in [0, 0.1) is 25.2 Å². The molecule has 1 unspecified atom stereocenters. The van der Waals surface area contributed by atoms with Gasteiger partial charge in [-0.25, -0.2) is 8.42 Å². The minimum absolute atomic E-state index is 0.521. The van der Waals surface area contributed by atoms with E-state index in [0.717, 1.165) is 11.1 Å². The van der Waals surface area contributed by atoms with E-state index in [1.165, 1.54) is 6.92 Å². The third kappa shape index (κ3) is 2.74. The standard InChI is InChI=1S/C11H14N2O2S/c1-8-4-5-11(9(2)6-8)13-16(14,15)10(3)7-12/h4-6,10,13H,1-3H3. The largest absolute Gasteiger partial charge is 0.282 e. The number of rotatable bonds is 3. The molecule has 0 spiro atoms. The number of sulfonamides is 1. The zero-order valence-electron chi connectivity index (χ0n) is 9.48. The van der Waals surface area contributed by atoms with E-state index in [2.05, 4.69) is 4.72 Å². The summed E-state index contributed by atoms with van der Waals surface area (Å²) in [7, 11) is -3.61. The smallest absolute Gasteiger partial charge is 0.248 e. The number of nitriles is 1. The highest BCUT2D eigenvalue weighted by Gasteiger charge is 2.20. The molecule has 0 radical (unpaired) electrons. The highest BCUT2D eigenvalue weighted by molar-refractivity contribution is 7.93. The molecule has 5 heteroatoms. The molecule has 0 saturated carbocycles. The van der Waals surface area contributed by atoms with Gasteiger partial charge in [0.05, 0.1) is 11.8 Å². The second kappa shape index (κ2) is 4.54. The SMILES string of the molecule is Cc1ccc(NS(=O)(=O)C(C)C#N)c(C)c1. The highest BCUT2D eigenvalue weighted by Crippen LogP contribution is 2.18. The Morgan fingerprint density at radius 3 is 2.50 bits per heavy atom. The molecular weight excluding hydrogens is 224 g/mol. The maximum atomic E-state index is 11.6. The Morgan fingerprint density at radius 1 is 1.38 bits per heavy atom. The van der Waals surface area contributed by atoms with E-state index in [4.69, 9.17) is 5.26 Å². The summed E-state index contributed by atoms with van der Waals surface area (Å²) in [6.45, 7) is 5.11. The summed E-state index contributed by atoms with van der Waals surface area (Å²) in [5, 5.41) is 7.53. The van der Waals surface area contributed by atoms with Gasteiger partial charge < -0.3 is 0 Å². The van der Waals surface area contributed by atoms with Crippen molar-refractivity contribution in [1.82, 2.24) is 0 Å². The molecule has 0 aliphatic heterocycles. The van der Waals surface area contributed by atoms with Crippen LogP contribution in [0.1, 0.15) is 18.1 Å². The first kappa shape index (κ1) is 12.5. The fourth-order valence-electron chi connectivity index (χ4n) is 1.24. The highest BCUT2D eigenvalue weighted by atomic mass is 32.2. The Bertz CT molecular complexity index is 529. The zero-order valence-corrected chi connectivity index (χ0v) is 10.3. The van der Waals surface area contributed by atoms with Crippen LogP contribution in [0.5, 0.6) is 0 Å². The number of nitrogens with zero attached hydrogens (tertiary/aromatic N) is 1. The average Bonchev–Trinajstić information content (AvgIpc) is 2.21. The molecule has 86 valence electrons. The summed E-state index contributed by atoms with van der Waals surface area (Å²) in [5.74, 6) is 0. The lowest BCUT2D eigenvalue weighted by Gasteiger charge is -2.11. The summed E-state index contributed by atoms with van der Waals surface area (Å²) in [6.07, 6.45) is 0. The fourth-order valence-corrected chi connectivity index (χ4v) is 2.09. The van der Waals surface area contributed by atoms with Gasteiger partial charge in [-0.15, -0.1) is 0 Å². The van der Waals surface area contributed by atoms with Gasteiger partial charge in [0, 0.05) is 0 Å². The molecule has 0 saturated heterocycles. The number of hydrogen-bond donors (Lipinski definition) is 1. The maximum Gasteiger partial charge on any atom is 0.248 e. The lowest BCUT2D eigenvalue weighted by atomic mass is 10.1. The van der Waals surface area contributed by atoms with Crippen molar-refractivity contribution in [2.24, 2.45) is 0 Å². The van der Waals surface area contributed by atoms with Crippen molar-refractivity contribution in [2.75, 3.05) is 4.72 Å². The monoisotopic (exact) mass is 238 g/mol. The average molecular weight is 238 g/mol. The van der Waals surface area contributed by atoms with E-state index in [-0.39, 0.29) is 0 Å². The molecule has 1 aromatic rings. The first-order valence-corrected chi connectivity index (χ1v) is 6.40. The molecule has 0 heterocycles. The van der Waals surface area contributed by atoms with Crippen LogP contribution in [-0.2, 0) is 10.0 Å². The van der Waals surface area contributed by atoms with Crippen molar-refractivity contribution < 1.29 is 8.42 Å². The van der Waals surface area contributed by atoms with Crippen molar-refractivity contribution in [3.8, 4) is 6.07 Å². The topological polar surface area (TPSA) is 70.0 Å². The van der Waals surface area contributed by atoms with Gasteiger partial charge in [0.25, 0.3) is 0 Å². The van der Waals surface area contributed by atoms with Gasteiger partial charge in [0.2, 0.25) is 10.0 Å². The van der Waals surface area contributed by atoms with Gasteiger partial charge in [0.15, 0.2) is 5.25 Å². The number of hydrogen-bond acceptors (Lipinski definition) is 3. The third-order valence-corrected chi connectivity index (χ3v) is 3.82. The minimum atomic E-state index is -3.61. The van der Waals surface area contributed by atoms with Crippen molar-refractivity contribution in [2.45, 2.75) is 26.0 Å². The predicted octanol–water partition coefficient (Wildman–Crippen LogP) is 1.96. The van der Waals surface area contributed by atoms with E-state index in [1.54, 1.807) is 12.1 Å². The number of nitrogens with one attached hydrogen (secondary N) is 1. The molecule has 1 rings (SSSR count). The van der Waals surface area contributed by atoms with Gasteiger partial charge >= 0.3 is 0 Å². The fraction of sp³-hybridized carbons (Fsp3) is 0.364. The van der Waals surface area contributed by atoms with Crippen LogP contribution in [0.2, 0.25) is 0 Å². The third-order valence-electron chi connectivity index (χ3n) is 2.28. The Kier molecular flexibility index (Phi) is 3.55. The quantitative estimate of drug-likeness (QED) is 0.875. The lowest BCUT2D eigenvalue weighted by Crippen LogP contribution is -2.24. The second-order valence-electron chi connectivity index (χ2n) is 3.74. The molecule has 0 aliphatic carbocycles. The Morgan fingerprint density at radius 2 is 2.00 bits per heavy atom. The Balaban J connectivity index is 3.03. The molecule has 0 fully saturated rings. The minimum Gasteiger partial charge on any atom is -0.282 e. The van der Waals surface area contributed by atoms with Crippen LogP contribution < -0.4 is 4.72 Å². The molecular formula is C11H14N2O2S. The summed E-state index contributed by atoms with van der Waals surface area (Å²) < 4.78 is 25.7. The molecule has 4 nitrogen and oxygen atoms in total. The normalized spacial score (nSPS) is 12.9. The number of benzene rings is 1. The van der Waals surface area contributed by atoms with Crippen LogP contribution in [0.4, 0.5) is 5.69 Å². The molecule has 0 aromatic heterocycles. The van der Waals surface area contributed by atoms with E-state index in [9.17, 15) is 8.42 Å². The van der Waals surface area contributed by atoms with E-state index < -0.39 is 15.3 Å². The number of aryl methyl sites for hydroxylation is 2. The van der Waals surface area contributed by atoms with Crippen molar-refractivity contribution in [1.29, 1.82) is 5.26 Å². The maximum absolute atomic E-state index is 11.6. The number of anilines is 1. The summed E-state index contributed by atoms with van der Waals surface area (Å²) in [4.78, 5) is 0. The summed E-state index contributed by atoms with van der Waals surface area (Å²) in [6, 6.07) is 7.11. The molecule has 1 N–H and O–H groups in total. The zero-order chi connectivity index (χ0) is 12.3. The molecule has 0 amide bonds. The molecule has 1 aromatic carbocycles. The van der Waals surface area contributed by atoms with E-state index in [0.29, 0.717) is 5.69 Å². The van der Waals surface area contributed by atoms with Gasteiger partial charge in [-0.2, -0.15) is 5.26 Å². The molecule has 0 bridgehead atoms. The molecule has 1 atom stereocenters. The van der Waals surface area contributed by atoms with Gasteiger partial charge in [-0.1, -0.05) is 17.7 Å². The van der Waals surface area contributed by atoms with Crippen LogP contribution in [0.3, 0.4) is 0 Å². The summed E-state index contributed by atoms with van der Waals surface area (Å²) >= 11 is 0. The first-order chi connectivity index (χ1) is 7.36. The molecule has 0 aliphatic rings. The van der Waals surface area contributed by atoms with Crippen LogP contribution >= 0.6 is 0 Å². The van der Waals surface area contributed by atoms with Crippen LogP contribution in [-0.4, -0.2) is 13.7 Å². The van der Waals surface area contributed by atoms with Gasteiger partial charge in [-0.3, -0.25) is 4.72 Å². The van der Waals surface area contributed by atoms with Crippen LogP contribution in [0.25, 0.3) is 0 Å². The predicted molar refractivity (Wildman–Crippen MR) is 63.5 cm³/mol. The summed E-state index contributed by atoms with van der Waals surface area (Å²) in [5.41, 5.74) is 2.43. The van der Waals surface area contributed by atoms with Gasteiger partial charge in [-0.05, 0) is 32.4 Å². The molecule has 16 heavy (non-hydrogen) atoms. The second-order valence-corrected chi connectivity index (χ2v) is 5.74. The van der Waals surface area contributed by atoms with Gasteiger partial charge in [0.1, 0.15) is 0 Å². The van der Waals surface area contributed by atoms with E-state index >= 15 is 0 Å².